The number of hydrogen-bond donors (Lipinski definition) is 1. The van der Waals surface area contributed by atoms with E-state index in [1.54, 1.807) is 11.0 Å². The summed E-state index contributed by atoms with van der Waals surface area (Å²) in [5.41, 5.74) is 3.62. The highest BCUT2D eigenvalue weighted by Crippen LogP contribution is 2.24. The number of nitrogens with one attached hydrogen (secondary N) is 1. The highest BCUT2D eigenvalue weighted by atomic mass is 15.3. The van der Waals surface area contributed by atoms with E-state index in [1.165, 1.54) is 17.7 Å². The third-order valence-corrected chi connectivity index (χ3v) is 5.36. The normalized spacial score (nSPS) is 20.5. The fourth-order valence-corrected chi connectivity index (χ4v) is 3.83. The molecule has 1 N–H and O–H groups in total. The number of rotatable bonds is 5. The van der Waals surface area contributed by atoms with Crippen molar-refractivity contribution in [3.63, 3.8) is 0 Å². The quantitative estimate of drug-likeness (QED) is 0.747. The maximum atomic E-state index is 4.36. The molecule has 0 amide bonds. The Bertz CT molecular complexity index is 856. The molecule has 1 saturated heterocycles. The number of hydrogen-bond acceptors (Lipinski definition) is 4. The molecule has 3 aromatic rings. The lowest BCUT2D eigenvalue weighted by molar-refractivity contribution is 0.144. The van der Waals surface area contributed by atoms with Crippen LogP contribution in [0.3, 0.4) is 0 Å². The Morgan fingerprint density at radius 2 is 1.85 bits per heavy atom. The zero-order valence-electron chi connectivity index (χ0n) is 16.0. The van der Waals surface area contributed by atoms with Gasteiger partial charge in [-0.2, -0.15) is 5.10 Å². The summed E-state index contributed by atoms with van der Waals surface area (Å²) in [4.78, 5) is 6.90. The molecule has 1 fully saturated rings. The first kappa shape index (κ1) is 17.7. The third-order valence-electron chi connectivity index (χ3n) is 5.36. The molecule has 1 aromatic heterocycles. The predicted octanol–water partition coefficient (Wildman–Crippen LogP) is 3.95. The standard InChI is InChI=1S/C22H27N5/c1-17-14-21(12-13-27(17)15-18-6-4-3-5-7-18)24-20-10-8-19(9-11-20)22-23-16-26(2)25-22/h3-11,16-17,21,24H,12-15H2,1-2H3/t17-,21+/m1/s1. The highest BCUT2D eigenvalue weighted by molar-refractivity contribution is 5.59. The maximum Gasteiger partial charge on any atom is 0.181 e. The molecule has 0 radical (unpaired) electrons. The van der Waals surface area contributed by atoms with Crippen LogP contribution >= 0.6 is 0 Å². The van der Waals surface area contributed by atoms with E-state index in [-0.39, 0.29) is 0 Å². The van der Waals surface area contributed by atoms with Crippen molar-refractivity contribution >= 4 is 5.69 Å². The summed E-state index contributed by atoms with van der Waals surface area (Å²) in [6, 6.07) is 20.3. The molecule has 0 bridgehead atoms. The molecule has 0 unspecified atom stereocenters. The van der Waals surface area contributed by atoms with Crippen LogP contribution in [0.25, 0.3) is 11.4 Å². The van der Waals surface area contributed by atoms with Crippen molar-refractivity contribution in [1.82, 2.24) is 19.7 Å². The Hall–Kier alpha value is -2.66. The summed E-state index contributed by atoms with van der Waals surface area (Å²) in [5, 5.41) is 8.07. The Morgan fingerprint density at radius 3 is 2.52 bits per heavy atom. The average Bonchev–Trinajstić information content (AvgIpc) is 3.12. The summed E-state index contributed by atoms with van der Waals surface area (Å²) < 4.78 is 1.73. The van der Waals surface area contributed by atoms with E-state index < -0.39 is 0 Å². The van der Waals surface area contributed by atoms with Gasteiger partial charge in [0.2, 0.25) is 0 Å². The summed E-state index contributed by atoms with van der Waals surface area (Å²) in [7, 11) is 1.89. The Labute approximate surface area is 161 Å². The molecule has 0 saturated carbocycles. The molecule has 1 aliphatic rings. The molecule has 5 heteroatoms. The van der Waals surface area contributed by atoms with Crippen LogP contribution in [0.5, 0.6) is 0 Å². The molecular weight excluding hydrogens is 334 g/mol. The molecule has 4 rings (SSSR count). The number of nitrogens with zero attached hydrogens (tertiary/aromatic N) is 4. The summed E-state index contributed by atoms with van der Waals surface area (Å²) in [6.45, 7) is 4.51. The minimum Gasteiger partial charge on any atom is -0.382 e. The lowest BCUT2D eigenvalue weighted by Gasteiger charge is -2.38. The average molecular weight is 361 g/mol. The first-order chi connectivity index (χ1) is 13.2. The smallest absolute Gasteiger partial charge is 0.181 e. The van der Waals surface area contributed by atoms with Crippen LogP contribution in [0.15, 0.2) is 60.9 Å². The lowest BCUT2D eigenvalue weighted by atomic mass is 9.97. The molecule has 1 aliphatic heterocycles. The van der Waals surface area contributed by atoms with Gasteiger partial charge in [0.15, 0.2) is 5.82 Å². The van der Waals surface area contributed by atoms with E-state index >= 15 is 0 Å². The van der Waals surface area contributed by atoms with Crippen LogP contribution in [0.4, 0.5) is 5.69 Å². The van der Waals surface area contributed by atoms with Gasteiger partial charge in [-0.3, -0.25) is 9.58 Å². The van der Waals surface area contributed by atoms with Crippen LogP contribution < -0.4 is 5.32 Å². The van der Waals surface area contributed by atoms with Gasteiger partial charge in [0, 0.05) is 43.5 Å². The highest BCUT2D eigenvalue weighted by Gasteiger charge is 2.25. The van der Waals surface area contributed by atoms with Crippen molar-refractivity contribution in [1.29, 1.82) is 0 Å². The topological polar surface area (TPSA) is 46.0 Å². The van der Waals surface area contributed by atoms with Gasteiger partial charge in [-0.1, -0.05) is 30.3 Å². The molecule has 2 atom stereocenters. The molecule has 140 valence electrons. The Morgan fingerprint density at radius 1 is 1.07 bits per heavy atom. The molecule has 0 aliphatic carbocycles. The van der Waals surface area contributed by atoms with E-state index in [9.17, 15) is 0 Å². The molecule has 0 spiro atoms. The van der Waals surface area contributed by atoms with Gasteiger partial charge in [-0.05, 0) is 49.6 Å². The largest absolute Gasteiger partial charge is 0.382 e. The fourth-order valence-electron chi connectivity index (χ4n) is 3.83. The number of anilines is 1. The van der Waals surface area contributed by atoms with Crippen molar-refractivity contribution in [2.45, 2.75) is 38.4 Å². The van der Waals surface area contributed by atoms with Crippen molar-refractivity contribution in [2.75, 3.05) is 11.9 Å². The second-order valence-electron chi connectivity index (χ2n) is 7.49. The minimum absolute atomic E-state index is 0.519. The van der Waals surface area contributed by atoms with Gasteiger partial charge < -0.3 is 5.32 Å². The zero-order chi connectivity index (χ0) is 18.6. The molecular formula is C22H27N5. The third kappa shape index (κ3) is 4.37. The molecule has 5 nitrogen and oxygen atoms in total. The first-order valence-corrected chi connectivity index (χ1v) is 9.68. The first-order valence-electron chi connectivity index (χ1n) is 9.68. The van der Waals surface area contributed by atoms with Crippen molar-refractivity contribution in [3.8, 4) is 11.4 Å². The second kappa shape index (κ2) is 7.92. The van der Waals surface area contributed by atoms with Gasteiger partial charge in [0.05, 0.1) is 0 Å². The number of aromatic nitrogens is 3. The molecule has 27 heavy (non-hydrogen) atoms. The summed E-state index contributed by atoms with van der Waals surface area (Å²) in [6.07, 6.45) is 4.06. The second-order valence-corrected chi connectivity index (χ2v) is 7.49. The van der Waals surface area contributed by atoms with Gasteiger partial charge in [-0.15, -0.1) is 0 Å². The van der Waals surface area contributed by atoms with Gasteiger partial charge in [0.25, 0.3) is 0 Å². The fraction of sp³-hybridized carbons (Fsp3) is 0.364. The minimum atomic E-state index is 0.519. The van der Waals surface area contributed by atoms with Crippen molar-refractivity contribution < 1.29 is 0 Å². The number of piperidine rings is 1. The van der Waals surface area contributed by atoms with E-state index in [4.69, 9.17) is 0 Å². The van der Waals surface area contributed by atoms with Crippen LogP contribution in [0.1, 0.15) is 25.3 Å². The van der Waals surface area contributed by atoms with Gasteiger partial charge in [0.1, 0.15) is 6.33 Å². The van der Waals surface area contributed by atoms with Crippen molar-refractivity contribution in [2.24, 2.45) is 7.05 Å². The predicted molar refractivity (Wildman–Crippen MR) is 109 cm³/mol. The van der Waals surface area contributed by atoms with E-state index in [1.807, 2.05) is 7.05 Å². The maximum absolute atomic E-state index is 4.36. The lowest BCUT2D eigenvalue weighted by Crippen LogP contribution is -2.44. The van der Waals surface area contributed by atoms with Gasteiger partial charge >= 0.3 is 0 Å². The van der Waals surface area contributed by atoms with Crippen LogP contribution in [0, 0.1) is 0 Å². The van der Waals surface area contributed by atoms with Gasteiger partial charge in [-0.25, -0.2) is 4.98 Å². The zero-order valence-corrected chi connectivity index (χ0v) is 16.0. The number of benzene rings is 2. The summed E-state index contributed by atoms with van der Waals surface area (Å²) in [5.74, 6) is 0.770. The SMILES string of the molecule is C[C@@H]1C[C@@H](Nc2ccc(-c3ncn(C)n3)cc2)CCN1Cc1ccccc1. The molecule has 2 aromatic carbocycles. The Balaban J connectivity index is 1.33. The van der Waals surface area contributed by atoms with Crippen molar-refractivity contribution in [3.05, 3.63) is 66.5 Å². The van der Waals surface area contributed by atoms with Crippen LogP contribution in [-0.2, 0) is 13.6 Å². The molecule has 2 heterocycles. The number of likely N-dealkylation sites (tertiary alicyclic amines) is 1. The van der Waals surface area contributed by atoms with E-state index in [0.717, 1.165) is 30.9 Å². The van der Waals surface area contributed by atoms with Crippen LogP contribution in [0.2, 0.25) is 0 Å². The van der Waals surface area contributed by atoms with E-state index in [0.29, 0.717) is 12.1 Å². The van der Waals surface area contributed by atoms with E-state index in [2.05, 4.69) is 81.8 Å². The Kier molecular flexibility index (Phi) is 5.21. The summed E-state index contributed by atoms with van der Waals surface area (Å²) >= 11 is 0. The monoisotopic (exact) mass is 361 g/mol. The number of aryl methyl sites for hydroxylation is 1. The van der Waals surface area contributed by atoms with Crippen LogP contribution in [-0.4, -0.2) is 38.3 Å².